The monoisotopic (exact) mass is 390 g/mol. The molecule has 0 radical (unpaired) electrons. The fourth-order valence-electron chi connectivity index (χ4n) is 3.79. The number of hydrogen-bond donors (Lipinski definition) is 2. The summed E-state index contributed by atoms with van der Waals surface area (Å²) in [7, 11) is 0. The third-order valence-electron chi connectivity index (χ3n) is 5.51. The summed E-state index contributed by atoms with van der Waals surface area (Å²) in [6.07, 6.45) is 2.27. The van der Waals surface area contributed by atoms with Crippen molar-refractivity contribution in [1.29, 1.82) is 0 Å². The van der Waals surface area contributed by atoms with Crippen LogP contribution in [-0.4, -0.2) is 28.1 Å². The summed E-state index contributed by atoms with van der Waals surface area (Å²) in [6, 6.07) is 23.2. The Bertz CT molecular complexity index is 935. The Hall–Kier alpha value is -2.50. The molecule has 4 nitrogen and oxygen atoms in total. The predicted molar refractivity (Wildman–Crippen MR) is 119 cm³/mol. The van der Waals surface area contributed by atoms with Crippen LogP contribution >= 0.6 is 12.2 Å². The molecule has 0 bridgehead atoms. The highest BCUT2D eigenvalue weighted by Gasteiger charge is 2.22. The van der Waals surface area contributed by atoms with Crippen LogP contribution in [0.5, 0.6) is 0 Å². The molecule has 0 aliphatic carbocycles. The average Bonchev–Trinajstić information content (AvgIpc) is 2.77. The number of nitrogens with one attached hydrogen (secondary N) is 2. The van der Waals surface area contributed by atoms with Gasteiger partial charge in [-0.15, -0.1) is 0 Å². The van der Waals surface area contributed by atoms with Gasteiger partial charge in [0.2, 0.25) is 0 Å². The number of hydrogen-bond acceptors (Lipinski definition) is 3. The van der Waals surface area contributed by atoms with E-state index in [-0.39, 0.29) is 6.04 Å². The van der Waals surface area contributed by atoms with E-state index in [1.165, 1.54) is 5.56 Å². The van der Waals surface area contributed by atoms with Crippen LogP contribution in [-0.2, 0) is 0 Å². The van der Waals surface area contributed by atoms with E-state index in [1.807, 2.05) is 18.2 Å². The number of rotatable bonds is 4. The van der Waals surface area contributed by atoms with E-state index in [0.717, 1.165) is 47.6 Å². The molecular formula is C23H26N4S. The Morgan fingerprint density at radius 1 is 1.00 bits per heavy atom. The zero-order valence-corrected chi connectivity index (χ0v) is 17.0. The van der Waals surface area contributed by atoms with Crippen molar-refractivity contribution in [3.63, 3.8) is 0 Å². The third-order valence-corrected chi connectivity index (χ3v) is 5.87. The van der Waals surface area contributed by atoms with Crippen molar-refractivity contribution in [1.82, 2.24) is 20.7 Å². The number of likely N-dealkylation sites (tertiary alicyclic amines) is 1. The molecule has 1 unspecified atom stereocenters. The van der Waals surface area contributed by atoms with Gasteiger partial charge in [-0.2, -0.15) is 0 Å². The largest absolute Gasteiger partial charge is 0.348 e. The lowest BCUT2D eigenvalue weighted by atomic mass is 9.90. The molecule has 1 atom stereocenters. The van der Waals surface area contributed by atoms with Gasteiger partial charge in [0, 0.05) is 18.5 Å². The summed E-state index contributed by atoms with van der Waals surface area (Å²) in [5.74, 6) is 0.633. The number of benzene rings is 2. The van der Waals surface area contributed by atoms with Gasteiger partial charge in [0.1, 0.15) is 0 Å². The molecule has 1 saturated heterocycles. The standard InChI is InChI=1S/C23H26N4S/c1-17(21-12-11-20-9-5-6-10-22(20)24-21)25-26-23(28)27-15-13-19(14-16-27)18-7-3-2-4-8-18/h2-12,17,19,25H,13-16H2,1H3,(H,26,28). The van der Waals surface area contributed by atoms with Crippen LogP contribution in [0, 0.1) is 0 Å². The predicted octanol–water partition coefficient (Wildman–Crippen LogP) is 4.55. The van der Waals surface area contributed by atoms with Crippen molar-refractivity contribution >= 4 is 28.2 Å². The van der Waals surface area contributed by atoms with E-state index < -0.39 is 0 Å². The minimum atomic E-state index is 0.0596. The van der Waals surface area contributed by atoms with E-state index in [9.17, 15) is 0 Å². The van der Waals surface area contributed by atoms with Crippen molar-refractivity contribution < 1.29 is 0 Å². The SMILES string of the molecule is CC(NNC(=S)N1CCC(c2ccccc2)CC1)c1ccc2ccccc2n1. The topological polar surface area (TPSA) is 40.2 Å². The second-order valence-electron chi connectivity index (χ2n) is 7.40. The van der Waals surface area contributed by atoms with Gasteiger partial charge in [-0.3, -0.25) is 10.4 Å². The maximum absolute atomic E-state index is 5.61. The molecule has 1 aliphatic heterocycles. The van der Waals surface area contributed by atoms with Crippen LogP contribution in [0.2, 0.25) is 0 Å². The lowest BCUT2D eigenvalue weighted by Crippen LogP contribution is -2.49. The number of piperidine rings is 1. The van der Waals surface area contributed by atoms with Crippen molar-refractivity contribution in [2.24, 2.45) is 0 Å². The van der Waals surface area contributed by atoms with Crippen molar-refractivity contribution in [3.05, 3.63) is 78.0 Å². The molecule has 2 N–H and O–H groups in total. The number of fused-ring (bicyclic) bond motifs is 1. The van der Waals surface area contributed by atoms with Crippen LogP contribution in [0.25, 0.3) is 10.9 Å². The molecule has 4 rings (SSSR count). The second kappa shape index (κ2) is 8.67. The zero-order chi connectivity index (χ0) is 19.3. The number of pyridine rings is 1. The number of para-hydroxylation sites is 1. The molecule has 2 aromatic carbocycles. The Morgan fingerprint density at radius 2 is 1.71 bits per heavy atom. The minimum absolute atomic E-state index is 0.0596. The summed E-state index contributed by atoms with van der Waals surface area (Å²) < 4.78 is 0. The molecule has 1 aromatic heterocycles. The van der Waals surface area contributed by atoms with Gasteiger partial charge < -0.3 is 4.90 Å². The van der Waals surface area contributed by atoms with Gasteiger partial charge in [0.05, 0.1) is 17.3 Å². The Labute approximate surface area is 171 Å². The lowest BCUT2D eigenvalue weighted by molar-refractivity contribution is 0.304. The van der Waals surface area contributed by atoms with Gasteiger partial charge in [-0.25, -0.2) is 5.43 Å². The highest BCUT2D eigenvalue weighted by Crippen LogP contribution is 2.27. The molecule has 0 saturated carbocycles. The van der Waals surface area contributed by atoms with Crippen LogP contribution in [0.4, 0.5) is 0 Å². The zero-order valence-electron chi connectivity index (χ0n) is 16.1. The van der Waals surface area contributed by atoms with Crippen molar-refractivity contribution in [2.45, 2.75) is 31.7 Å². The quantitative estimate of drug-likeness (QED) is 0.505. The lowest BCUT2D eigenvalue weighted by Gasteiger charge is -2.34. The van der Waals surface area contributed by atoms with Gasteiger partial charge in [-0.1, -0.05) is 54.6 Å². The van der Waals surface area contributed by atoms with Crippen molar-refractivity contribution in [2.75, 3.05) is 13.1 Å². The first-order chi connectivity index (χ1) is 13.7. The minimum Gasteiger partial charge on any atom is -0.348 e. The molecule has 144 valence electrons. The van der Waals surface area contributed by atoms with E-state index in [2.05, 4.69) is 71.2 Å². The Morgan fingerprint density at radius 3 is 2.50 bits per heavy atom. The Balaban J connectivity index is 1.29. The van der Waals surface area contributed by atoms with E-state index >= 15 is 0 Å². The highest BCUT2D eigenvalue weighted by molar-refractivity contribution is 7.80. The number of aromatic nitrogens is 1. The number of thiocarbonyl (C=S) groups is 1. The molecule has 0 amide bonds. The first kappa shape index (κ1) is 18.8. The van der Waals surface area contributed by atoms with Crippen LogP contribution < -0.4 is 10.9 Å². The second-order valence-corrected chi connectivity index (χ2v) is 7.78. The third kappa shape index (κ3) is 4.32. The van der Waals surface area contributed by atoms with Gasteiger partial charge in [-0.05, 0) is 55.6 Å². The first-order valence-electron chi connectivity index (χ1n) is 9.92. The maximum atomic E-state index is 5.61. The molecular weight excluding hydrogens is 364 g/mol. The summed E-state index contributed by atoms with van der Waals surface area (Å²) >= 11 is 5.61. The van der Waals surface area contributed by atoms with Gasteiger partial charge in [0.15, 0.2) is 5.11 Å². The molecule has 5 heteroatoms. The summed E-state index contributed by atoms with van der Waals surface area (Å²) in [5.41, 5.74) is 9.98. The molecule has 1 fully saturated rings. The van der Waals surface area contributed by atoms with Crippen LogP contribution in [0.3, 0.4) is 0 Å². The average molecular weight is 391 g/mol. The number of hydrazine groups is 1. The molecule has 28 heavy (non-hydrogen) atoms. The normalized spacial score (nSPS) is 16.1. The summed E-state index contributed by atoms with van der Waals surface area (Å²) in [5, 5.41) is 1.92. The summed E-state index contributed by atoms with van der Waals surface area (Å²) in [4.78, 5) is 7.00. The first-order valence-corrected chi connectivity index (χ1v) is 10.3. The molecule has 2 heterocycles. The van der Waals surface area contributed by atoms with E-state index in [0.29, 0.717) is 5.92 Å². The number of nitrogens with zero attached hydrogens (tertiary/aromatic N) is 2. The van der Waals surface area contributed by atoms with Crippen LogP contribution in [0.1, 0.15) is 43.0 Å². The van der Waals surface area contributed by atoms with Gasteiger partial charge in [0.25, 0.3) is 0 Å². The maximum Gasteiger partial charge on any atom is 0.183 e. The summed E-state index contributed by atoms with van der Waals surface area (Å²) in [6.45, 7) is 4.06. The molecule has 1 aliphatic rings. The Kier molecular flexibility index (Phi) is 5.84. The molecule has 3 aromatic rings. The van der Waals surface area contributed by atoms with Gasteiger partial charge >= 0.3 is 0 Å². The van der Waals surface area contributed by atoms with E-state index in [4.69, 9.17) is 17.2 Å². The van der Waals surface area contributed by atoms with Crippen LogP contribution in [0.15, 0.2) is 66.7 Å². The molecule has 0 spiro atoms. The van der Waals surface area contributed by atoms with E-state index in [1.54, 1.807) is 0 Å². The van der Waals surface area contributed by atoms with Crippen molar-refractivity contribution in [3.8, 4) is 0 Å². The fourth-order valence-corrected chi connectivity index (χ4v) is 4.03. The highest BCUT2D eigenvalue weighted by atomic mass is 32.1. The smallest absolute Gasteiger partial charge is 0.183 e. The fraction of sp³-hybridized carbons (Fsp3) is 0.304.